The van der Waals surface area contributed by atoms with Crippen LogP contribution in [0.15, 0.2) is 48.5 Å². The highest BCUT2D eigenvalue weighted by Crippen LogP contribution is 2.28. The van der Waals surface area contributed by atoms with E-state index in [1.54, 1.807) is 6.07 Å². The summed E-state index contributed by atoms with van der Waals surface area (Å²) in [6.45, 7) is 6.25. The molecule has 0 heterocycles. The number of hydrogen-bond acceptors (Lipinski definition) is 1. The van der Waals surface area contributed by atoms with Crippen LogP contribution in [-0.2, 0) is 11.8 Å². The summed E-state index contributed by atoms with van der Waals surface area (Å²) in [4.78, 5) is 0. The van der Waals surface area contributed by atoms with E-state index in [-0.39, 0.29) is 17.3 Å². The highest BCUT2D eigenvalue weighted by atomic mass is 19.1. The van der Waals surface area contributed by atoms with Gasteiger partial charge >= 0.3 is 0 Å². The monoisotopic (exact) mass is 271 g/mol. The lowest BCUT2D eigenvalue weighted by molar-refractivity contribution is 0.406. The lowest BCUT2D eigenvalue weighted by atomic mass is 9.75. The van der Waals surface area contributed by atoms with Crippen molar-refractivity contribution in [1.29, 1.82) is 0 Å². The molecule has 0 saturated carbocycles. The summed E-state index contributed by atoms with van der Waals surface area (Å²) in [6, 6.07) is 15.2. The van der Waals surface area contributed by atoms with Gasteiger partial charge in [-0.2, -0.15) is 0 Å². The van der Waals surface area contributed by atoms with Crippen LogP contribution in [-0.4, -0.2) is 6.04 Å². The average Bonchev–Trinajstić information content (AvgIpc) is 2.42. The molecule has 0 aliphatic rings. The Morgan fingerprint density at radius 1 is 1.10 bits per heavy atom. The van der Waals surface area contributed by atoms with E-state index in [4.69, 9.17) is 5.73 Å². The molecule has 106 valence electrons. The first-order valence-electron chi connectivity index (χ1n) is 6.97. The fourth-order valence-corrected chi connectivity index (χ4v) is 2.46. The van der Waals surface area contributed by atoms with E-state index < -0.39 is 0 Å². The molecule has 0 fully saturated rings. The quantitative estimate of drug-likeness (QED) is 0.894. The van der Waals surface area contributed by atoms with Crippen molar-refractivity contribution < 1.29 is 4.39 Å². The van der Waals surface area contributed by atoms with Gasteiger partial charge in [0.15, 0.2) is 0 Å². The molecule has 20 heavy (non-hydrogen) atoms. The van der Waals surface area contributed by atoms with Gasteiger partial charge in [0, 0.05) is 11.5 Å². The van der Waals surface area contributed by atoms with E-state index >= 15 is 0 Å². The second kappa shape index (κ2) is 5.76. The largest absolute Gasteiger partial charge is 0.327 e. The third-order valence-corrected chi connectivity index (χ3v) is 4.19. The lowest BCUT2D eigenvalue weighted by Gasteiger charge is -2.32. The maximum absolute atomic E-state index is 13.2. The Labute approximate surface area is 120 Å². The van der Waals surface area contributed by atoms with Crippen molar-refractivity contribution in [2.45, 2.75) is 38.6 Å². The van der Waals surface area contributed by atoms with E-state index in [1.807, 2.05) is 31.2 Å². The molecule has 0 aliphatic heterocycles. The van der Waals surface area contributed by atoms with Gasteiger partial charge in [-0.15, -0.1) is 0 Å². The highest BCUT2D eigenvalue weighted by molar-refractivity contribution is 5.31. The molecule has 2 aromatic rings. The Balaban J connectivity index is 2.21. The lowest BCUT2D eigenvalue weighted by Crippen LogP contribution is -2.42. The molecule has 2 heteroatoms. The van der Waals surface area contributed by atoms with Crippen LogP contribution in [0.2, 0.25) is 0 Å². The van der Waals surface area contributed by atoms with Crippen LogP contribution in [0, 0.1) is 12.7 Å². The minimum absolute atomic E-state index is 0.0194. The molecular formula is C18H22FN. The molecule has 0 aromatic heterocycles. The minimum atomic E-state index is -0.192. The third kappa shape index (κ3) is 3.07. The Kier molecular flexibility index (Phi) is 4.24. The number of hydrogen-bond donors (Lipinski definition) is 1. The SMILES string of the molecule is Cc1cc(F)ccc1CC(N)C(C)(C)c1ccccc1. The summed E-state index contributed by atoms with van der Waals surface area (Å²) >= 11 is 0. The van der Waals surface area contributed by atoms with Gasteiger partial charge in [0.05, 0.1) is 0 Å². The molecule has 1 unspecified atom stereocenters. The Hall–Kier alpha value is -1.67. The average molecular weight is 271 g/mol. The molecule has 1 atom stereocenters. The number of nitrogens with two attached hydrogens (primary N) is 1. The summed E-state index contributed by atoms with van der Waals surface area (Å²) in [5.74, 6) is -0.192. The maximum atomic E-state index is 13.2. The van der Waals surface area contributed by atoms with Crippen molar-refractivity contribution in [1.82, 2.24) is 0 Å². The summed E-state index contributed by atoms with van der Waals surface area (Å²) in [5, 5.41) is 0. The predicted octanol–water partition coefficient (Wildman–Crippen LogP) is 3.98. The fraction of sp³-hybridized carbons (Fsp3) is 0.333. The van der Waals surface area contributed by atoms with Crippen molar-refractivity contribution in [3.8, 4) is 0 Å². The topological polar surface area (TPSA) is 26.0 Å². The summed E-state index contributed by atoms with van der Waals surface area (Å²) < 4.78 is 13.2. The van der Waals surface area contributed by atoms with Gasteiger partial charge in [0.1, 0.15) is 5.82 Å². The molecule has 2 N–H and O–H groups in total. The van der Waals surface area contributed by atoms with Gasteiger partial charge < -0.3 is 5.73 Å². The Morgan fingerprint density at radius 2 is 1.75 bits per heavy atom. The first-order chi connectivity index (χ1) is 9.41. The Bertz CT molecular complexity index is 575. The van der Waals surface area contributed by atoms with Crippen LogP contribution >= 0.6 is 0 Å². The van der Waals surface area contributed by atoms with Crippen LogP contribution in [0.4, 0.5) is 4.39 Å². The zero-order valence-corrected chi connectivity index (χ0v) is 12.4. The maximum Gasteiger partial charge on any atom is 0.123 e. The molecule has 0 spiro atoms. The molecule has 0 amide bonds. The van der Waals surface area contributed by atoms with Crippen molar-refractivity contribution in [3.63, 3.8) is 0 Å². The Morgan fingerprint density at radius 3 is 2.35 bits per heavy atom. The zero-order chi connectivity index (χ0) is 14.8. The smallest absolute Gasteiger partial charge is 0.123 e. The molecule has 0 bridgehead atoms. The van der Waals surface area contributed by atoms with Crippen LogP contribution in [0.1, 0.15) is 30.5 Å². The normalized spacial score (nSPS) is 13.2. The van der Waals surface area contributed by atoms with E-state index in [0.717, 1.165) is 17.5 Å². The zero-order valence-electron chi connectivity index (χ0n) is 12.4. The molecule has 0 aliphatic carbocycles. The fourth-order valence-electron chi connectivity index (χ4n) is 2.46. The molecule has 0 radical (unpaired) electrons. The summed E-state index contributed by atoms with van der Waals surface area (Å²) in [7, 11) is 0. The standard InChI is InChI=1S/C18H22FN/c1-13-11-16(19)10-9-14(13)12-17(20)18(2,3)15-7-5-4-6-8-15/h4-11,17H,12,20H2,1-3H3. The van der Waals surface area contributed by atoms with Crippen LogP contribution in [0.3, 0.4) is 0 Å². The van der Waals surface area contributed by atoms with Crippen LogP contribution < -0.4 is 5.73 Å². The van der Waals surface area contributed by atoms with Crippen LogP contribution in [0.25, 0.3) is 0 Å². The summed E-state index contributed by atoms with van der Waals surface area (Å²) in [5.41, 5.74) is 9.61. The second-order valence-electron chi connectivity index (χ2n) is 5.97. The minimum Gasteiger partial charge on any atom is -0.327 e. The van der Waals surface area contributed by atoms with Crippen molar-refractivity contribution in [3.05, 3.63) is 71.0 Å². The van der Waals surface area contributed by atoms with E-state index in [0.29, 0.717) is 0 Å². The first kappa shape index (κ1) is 14.7. The number of halogens is 1. The highest BCUT2D eigenvalue weighted by Gasteiger charge is 2.28. The number of rotatable bonds is 4. The molecule has 1 nitrogen and oxygen atoms in total. The molecular weight excluding hydrogens is 249 g/mol. The molecule has 2 rings (SSSR count). The van der Waals surface area contributed by atoms with Gasteiger partial charge in [0.25, 0.3) is 0 Å². The molecule has 0 saturated heterocycles. The van der Waals surface area contributed by atoms with E-state index in [9.17, 15) is 4.39 Å². The van der Waals surface area contributed by atoms with Gasteiger partial charge in [-0.25, -0.2) is 4.39 Å². The van der Waals surface area contributed by atoms with Gasteiger partial charge in [-0.1, -0.05) is 50.2 Å². The van der Waals surface area contributed by atoms with Gasteiger partial charge in [-0.05, 0) is 42.2 Å². The number of aryl methyl sites for hydroxylation is 1. The first-order valence-corrected chi connectivity index (χ1v) is 6.97. The van der Waals surface area contributed by atoms with E-state index in [1.165, 1.54) is 11.6 Å². The van der Waals surface area contributed by atoms with Gasteiger partial charge in [0.2, 0.25) is 0 Å². The van der Waals surface area contributed by atoms with Crippen molar-refractivity contribution in [2.75, 3.05) is 0 Å². The van der Waals surface area contributed by atoms with E-state index in [2.05, 4.69) is 26.0 Å². The summed E-state index contributed by atoms with van der Waals surface area (Å²) in [6.07, 6.45) is 0.744. The number of benzene rings is 2. The third-order valence-electron chi connectivity index (χ3n) is 4.19. The van der Waals surface area contributed by atoms with Gasteiger partial charge in [-0.3, -0.25) is 0 Å². The van der Waals surface area contributed by atoms with Crippen molar-refractivity contribution in [2.24, 2.45) is 5.73 Å². The van der Waals surface area contributed by atoms with Crippen molar-refractivity contribution >= 4 is 0 Å². The van der Waals surface area contributed by atoms with Crippen LogP contribution in [0.5, 0.6) is 0 Å². The second-order valence-corrected chi connectivity index (χ2v) is 5.97. The molecule has 2 aromatic carbocycles. The predicted molar refractivity (Wildman–Crippen MR) is 82.3 cm³/mol.